The lowest BCUT2D eigenvalue weighted by Crippen LogP contribution is -2.34. The molecule has 1 atom stereocenters. The Kier molecular flexibility index (Phi) is 6.63. The van der Waals surface area contributed by atoms with Gasteiger partial charge in [-0.3, -0.25) is 4.79 Å². The van der Waals surface area contributed by atoms with Crippen molar-refractivity contribution in [2.75, 3.05) is 11.9 Å². The fraction of sp³-hybridized carbons (Fsp3) is 0.381. The Balaban J connectivity index is 2.03. The molecular weight excluding hydrogens is 332 g/mol. The van der Waals surface area contributed by atoms with E-state index in [-0.39, 0.29) is 18.5 Å². The van der Waals surface area contributed by atoms with E-state index in [2.05, 4.69) is 43.5 Å². The standard InChI is InChI=1S/C21H27ClN2O/c1-13(2)20(17-6-8-18(22)9-7-17)23-12-19(25)24-21-15(4)10-14(3)11-16(21)5/h6-11,13,20,23H,12H2,1-5H3,(H,24,25). The van der Waals surface area contributed by atoms with Crippen molar-refractivity contribution in [1.82, 2.24) is 5.32 Å². The van der Waals surface area contributed by atoms with E-state index in [0.29, 0.717) is 10.9 Å². The molecule has 0 aliphatic carbocycles. The molecule has 0 aromatic heterocycles. The van der Waals surface area contributed by atoms with Gasteiger partial charge >= 0.3 is 0 Å². The van der Waals surface area contributed by atoms with Gasteiger partial charge in [0.1, 0.15) is 0 Å². The van der Waals surface area contributed by atoms with Crippen LogP contribution < -0.4 is 10.6 Å². The molecule has 2 N–H and O–H groups in total. The van der Waals surface area contributed by atoms with Crippen LogP contribution in [0.5, 0.6) is 0 Å². The van der Waals surface area contributed by atoms with Crippen molar-refractivity contribution >= 4 is 23.2 Å². The van der Waals surface area contributed by atoms with Crippen LogP contribution in [0.15, 0.2) is 36.4 Å². The number of carbonyl (C=O) groups excluding carboxylic acids is 1. The van der Waals surface area contributed by atoms with Gasteiger partial charge in [-0.25, -0.2) is 0 Å². The van der Waals surface area contributed by atoms with E-state index >= 15 is 0 Å². The summed E-state index contributed by atoms with van der Waals surface area (Å²) in [6.45, 7) is 10.6. The van der Waals surface area contributed by atoms with E-state index in [0.717, 1.165) is 22.4 Å². The fourth-order valence-corrected chi connectivity index (χ4v) is 3.30. The van der Waals surface area contributed by atoms with E-state index < -0.39 is 0 Å². The van der Waals surface area contributed by atoms with Crippen molar-refractivity contribution in [1.29, 1.82) is 0 Å². The topological polar surface area (TPSA) is 41.1 Å². The van der Waals surface area contributed by atoms with E-state index in [9.17, 15) is 4.79 Å². The van der Waals surface area contributed by atoms with E-state index in [4.69, 9.17) is 11.6 Å². The number of nitrogens with one attached hydrogen (secondary N) is 2. The summed E-state index contributed by atoms with van der Waals surface area (Å²) in [5, 5.41) is 7.13. The number of aryl methyl sites for hydroxylation is 3. The molecule has 0 saturated carbocycles. The van der Waals surface area contributed by atoms with Gasteiger partial charge in [-0.15, -0.1) is 0 Å². The second-order valence-corrected chi connectivity index (χ2v) is 7.41. The molecule has 0 aliphatic rings. The number of benzene rings is 2. The Labute approximate surface area is 155 Å². The molecule has 1 unspecified atom stereocenters. The first-order valence-electron chi connectivity index (χ1n) is 8.64. The largest absolute Gasteiger partial charge is 0.324 e. The molecule has 0 saturated heterocycles. The highest BCUT2D eigenvalue weighted by Crippen LogP contribution is 2.24. The van der Waals surface area contributed by atoms with Gasteiger partial charge in [0.15, 0.2) is 0 Å². The van der Waals surface area contributed by atoms with Crippen molar-refractivity contribution in [3.63, 3.8) is 0 Å². The molecule has 2 aromatic carbocycles. The minimum atomic E-state index is -0.0327. The summed E-state index contributed by atoms with van der Waals surface area (Å²) >= 11 is 5.97. The zero-order valence-electron chi connectivity index (χ0n) is 15.6. The van der Waals surface area contributed by atoms with Crippen molar-refractivity contribution in [2.45, 2.75) is 40.7 Å². The molecule has 1 amide bonds. The van der Waals surface area contributed by atoms with E-state index in [1.807, 2.05) is 38.1 Å². The molecule has 2 aromatic rings. The van der Waals surface area contributed by atoms with Crippen LogP contribution in [0.2, 0.25) is 5.02 Å². The van der Waals surface area contributed by atoms with Crippen LogP contribution in [0, 0.1) is 26.7 Å². The van der Waals surface area contributed by atoms with Gasteiger partial charge in [-0.05, 0) is 55.5 Å². The summed E-state index contributed by atoms with van der Waals surface area (Å²) in [5.41, 5.74) is 5.42. The number of anilines is 1. The van der Waals surface area contributed by atoms with Crippen LogP contribution in [0.1, 0.15) is 42.1 Å². The molecule has 0 spiro atoms. The Bertz CT molecular complexity index is 715. The summed E-state index contributed by atoms with van der Waals surface area (Å²) in [4.78, 5) is 12.4. The third-order valence-corrected chi connectivity index (χ3v) is 4.57. The van der Waals surface area contributed by atoms with Crippen molar-refractivity contribution < 1.29 is 4.79 Å². The second kappa shape index (κ2) is 8.50. The lowest BCUT2D eigenvalue weighted by atomic mass is 9.96. The third-order valence-electron chi connectivity index (χ3n) is 4.32. The first-order chi connectivity index (χ1) is 11.8. The molecule has 3 nitrogen and oxygen atoms in total. The van der Waals surface area contributed by atoms with Crippen LogP contribution in [-0.2, 0) is 4.79 Å². The number of amides is 1. The minimum Gasteiger partial charge on any atom is -0.324 e. The number of hydrogen-bond donors (Lipinski definition) is 2. The molecule has 25 heavy (non-hydrogen) atoms. The highest BCUT2D eigenvalue weighted by molar-refractivity contribution is 6.30. The van der Waals surface area contributed by atoms with Gasteiger partial charge in [-0.1, -0.05) is 55.3 Å². The van der Waals surface area contributed by atoms with Crippen LogP contribution in [0.3, 0.4) is 0 Å². The number of carbonyl (C=O) groups is 1. The quantitative estimate of drug-likeness (QED) is 0.746. The first kappa shape index (κ1) is 19.5. The zero-order chi connectivity index (χ0) is 18.6. The summed E-state index contributed by atoms with van der Waals surface area (Å²) in [6.07, 6.45) is 0. The molecule has 0 heterocycles. The van der Waals surface area contributed by atoms with Gasteiger partial charge in [0.05, 0.1) is 6.54 Å². The SMILES string of the molecule is Cc1cc(C)c(NC(=O)CNC(c2ccc(Cl)cc2)C(C)C)c(C)c1. The Morgan fingerprint density at radius 2 is 1.60 bits per heavy atom. The monoisotopic (exact) mass is 358 g/mol. The predicted molar refractivity (Wildman–Crippen MR) is 106 cm³/mol. The van der Waals surface area contributed by atoms with Crippen LogP contribution in [0.25, 0.3) is 0 Å². The second-order valence-electron chi connectivity index (χ2n) is 6.98. The van der Waals surface area contributed by atoms with Gasteiger partial charge in [0.2, 0.25) is 5.91 Å². The van der Waals surface area contributed by atoms with Crippen LogP contribution in [0.4, 0.5) is 5.69 Å². The summed E-state index contributed by atoms with van der Waals surface area (Å²) < 4.78 is 0. The average Bonchev–Trinajstić information content (AvgIpc) is 2.52. The van der Waals surface area contributed by atoms with Crippen molar-refractivity contribution in [2.24, 2.45) is 5.92 Å². The molecular formula is C21H27ClN2O. The normalized spacial score (nSPS) is 12.3. The molecule has 134 valence electrons. The smallest absolute Gasteiger partial charge is 0.238 e. The van der Waals surface area contributed by atoms with Gasteiger partial charge in [0.25, 0.3) is 0 Å². The number of rotatable bonds is 6. The zero-order valence-corrected chi connectivity index (χ0v) is 16.4. The molecule has 2 rings (SSSR count). The Morgan fingerprint density at radius 3 is 2.12 bits per heavy atom. The highest BCUT2D eigenvalue weighted by Gasteiger charge is 2.17. The number of halogens is 1. The fourth-order valence-electron chi connectivity index (χ4n) is 3.17. The molecule has 0 aliphatic heterocycles. The summed E-state index contributed by atoms with van der Waals surface area (Å²) in [7, 11) is 0. The highest BCUT2D eigenvalue weighted by atomic mass is 35.5. The average molecular weight is 359 g/mol. The first-order valence-corrected chi connectivity index (χ1v) is 9.02. The third kappa shape index (κ3) is 5.32. The maximum atomic E-state index is 12.4. The maximum Gasteiger partial charge on any atom is 0.238 e. The van der Waals surface area contributed by atoms with Gasteiger partial charge < -0.3 is 10.6 Å². The molecule has 0 bridgehead atoms. The summed E-state index contributed by atoms with van der Waals surface area (Å²) in [6, 6.07) is 12.0. The maximum absolute atomic E-state index is 12.4. The molecule has 4 heteroatoms. The van der Waals surface area contributed by atoms with Crippen molar-refractivity contribution in [3.8, 4) is 0 Å². The lowest BCUT2D eigenvalue weighted by Gasteiger charge is -2.23. The van der Waals surface area contributed by atoms with Crippen LogP contribution >= 0.6 is 11.6 Å². The Morgan fingerprint density at radius 1 is 1.04 bits per heavy atom. The van der Waals surface area contributed by atoms with Gasteiger partial charge in [0, 0.05) is 16.8 Å². The lowest BCUT2D eigenvalue weighted by molar-refractivity contribution is -0.115. The van der Waals surface area contributed by atoms with Gasteiger partial charge in [-0.2, -0.15) is 0 Å². The number of hydrogen-bond acceptors (Lipinski definition) is 2. The van der Waals surface area contributed by atoms with E-state index in [1.165, 1.54) is 5.56 Å². The molecule has 0 radical (unpaired) electrons. The Hall–Kier alpha value is -1.84. The van der Waals surface area contributed by atoms with Crippen molar-refractivity contribution in [3.05, 3.63) is 63.7 Å². The summed E-state index contributed by atoms with van der Waals surface area (Å²) in [5.74, 6) is 0.325. The van der Waals surface area contributed by atoms with Crippen LogP contribution in [-0.4, -0.2) is 12.5 Å². The van der Waals surface area contributed by atoms with E-state index in [1.54, 1.807) is 0 Å². The minimum absolute atomic E-state index is 0.0327. The predicted octanol–water partition coefficient (Wildman–Crippen LogP) is 5.19. The molecule has 0 fully saturated rings.